The molecule has 3 heterocycles. The summed E-state index contributed by atoms with van der Waals surface area (Å²) in [6.07, 6.45) is 0.469. The number of imidazole rings is 1. The van der Waals surface area contributed by atoms with E-state index < -0.39 is 26.7 Å². The molecule has 6 heteroatoms. The topological polar surface area (TPSA) is 43.9 Å². The van der Waals surface area contributed by atoms with Gasteiger partial charge in [-0.15, -0.1) is 54.1 Å². The summed E-state index contributed by atoms with van der Waals surface area (Å²) in [6, 6.07) is 61.2. The van der Waals surface area contributed by atoms with Crippen molar-refractivity contribution in [2.75, 3.05) is 0 Å². The van der Waals surface area contributed by atoms with Crippen molar-refractivity contribution in [2.24, 2.45) is 5.41 Å². The SMILES string of the molecule is [2H]C([2H])([2H])c1cccc2nc(-c3[c-]ccc4c3oc3c5ccccc5ccc43)n(-c3ccc4c5ccccc5c5ccccc5c4c3)c12.[2H]C([2H])(c1cc(-c2[c-]cccc2)ncc1[Si](C)(C)C)C(C)(C)C.[Ir]. The first-order valence-corrected chi connectivity index (χ1v) is 26.0. The number of hydrogen-bond donors (Lipinski definition) is 0. The Bertz CT molecular complexity index is 4020. The third kappa shape index (κ3) is 7.97. The van der Waals surface area contributed by atoms with Crippen LogP contribution in [-0.2, 0) is 26.5 Å². The summed E-state index contributed by atoms with van der Waals surface area (Å²) < 4.78 is 51.7. The van der Waals surface area contributed by atoms with Crippen LogP contribution in [0.25, 0.3) is 104 Å². The molecule has 12 aromatic rings. The zero-order chi connectivity index (χ0) is 49.6. The molecule has 0 amide bonds. The number of rotatable bonds is 5. The maximum atomic E-state index is 8.75. The van der Waals surface area contributed by atoms with E-state index in [-0.39, 0.29) is 25.7 Å². The van der Waals surface area contributed by atoms with Crippen LogP contribution >= 0.6 is 0 Å². The standard InChI is InChI=1S/C42H25N2O.C19H26NSi.Ir/c1-25-10-8-19-38-39(25)44(27-21-23-33-31-15-5-4-13-29(31)30-14-6-7-16-32(30)37(33)24-27)42(43-38)36-18-9-17-34-35-22-20-26-11-2-3-12-28(26)40(35)45-41(34)36;1-19(2,3)13-16-12-17(15-10-8-7-9-11-15)20-14-18(16)21(4,5)6;/h2-17,19-24H,1H3;7-10,12,14H,13H2,1-6H3;/q2*-1;/i1D3;13D2;. The molecule has 0 aliphatic carbocycles. The van der Waals surface area contributed by atoms with Gasteiger partial charge in [-0.1, -0.05) is 166 Å². The van der Waals surface area contributed by atoms with Crippen LogP contribution in [-0.4, -0.2) is 22.6 Å². The molecule has 0 N–H and O–H groups in total. The van der Waals surface area contributed by atoms with E-state index in [1.807, 2.05) is 92.2 Å². The Kier molecular flexibility index (Phi) is 9.86. The van der Waals surface area contributed by atoms with Crippen LogP contribution in [0.4, 0.5) is 0 Å². The fourth-order valence-electron chi connectivity index (χ4n) is 9.48. The minimum atomic E-state index is -2.36. The Hall–Kier alpha value is -6.69. The van der Waals surface area contributed by atoms with Crippen molar-refractivity contribution >= 4 is 89.3 Å². The number of benzene rings is 9. The van der Waals surface area contributed by atoms with Crippen LogP contribution in [0.5, 0.6) is 0 Å². The average Bonchev–Trinajstić information content (AvgIpc) is 3.95. The number of fused-ring (bicyclic) bond motifs is 12. The zero-order valence-electron chi connectivity index (χ0n) is 43.2. The van der Waals surface area contributed by atoms with E-state index in [4.69, 9.17) is 16.3 Å². The van der Waals surface area contributed by atoms with Crippen LogP contribution in [0.1, 0.15) is 38.8 Å². The van der Waals surface area contributed by atoms with E-state index in [9.17, 15) is 0 Å². The molecule has 0 spiro atoms. The second-order valence-corrected chi connectivity index (χ2v) is 24.2. The summed E-state index contributed by atoms with van der Waals surface area (Å²) in [5.74, 6) is 0.570. The van der Waals surface area contributed by atoms with Crippen molar-refractivity contribution < 1.29 is 31.4 Å². The summed E-state index contributed by atoms with van der Waals surface area (Å²) in [5.41, 5.74) is 6.31. The van der Waals surface area contributed by atoms with Crippen LogP contribution in [0, 0.1) is 24.4 Å². The number of hydrogen-bond acceptors (Lipinski definition) is 3. The fourth-order valence-corrected chi connectivity index (χ4v) is 10.9. The number of pyridine rings is 1. The van der Waals surface area contributed by atoms with E-state index in [2.05, 4.69) is 128 Å². The molecule has 0 saturated heterocycles. The average molecular weight is 1070 g/mol. The summed E-state index contributed by atoms with van der Waals surface area (Å²) in [4.78, 5) is 9.74. The molecule has 0 aliphatic heterocycles. The molecule has 0 saturated carbocycles. The summed E-state index contributed by atoms with van der Waals surface area (Å²) in [6.45, 7) is 10.2. The Morgan fingerprint density at radius 2 is 1.30 bits per heavy atom. The van der Waals surface area contributed by atoms with Crippen LogP contribution in [0.3, 0.4) is 0 Å². The Balaban J connectivity index is 0.000000211. The first-order chi connectivity index (χ1) is 33.9. The van der Waals surface area contributed by atoms with E-state index in [1.165, 1.54) is 16.2 Å². The molecule has 0 bridgehead atoms. The van der Waals surface area contributed by atoms with Gasteiger partial charge in [0.2, 0.25) is 0 Å². The normalized spacial score (nSPS) is 13.6. The van der Waals surface area contributed by atoms with Gasteiger partial charge in [0.1, 0.15) is 5.58 Å². The summed E-state index contributed by atoms with van der Waals surface area (Å²) in [5, 5.41) is 12.1. The molecule has 9 aromatic carbocycles. The Morgan fingerprint density at radius 1 is 0.642 bits per heavy atom. The Morgan fingerprint density at radius 3 is 1.99 bits per heavy atom. The molecular weight excluding hydrogens is 1010 g/mol. The third-order valence-electron chi connectivity index (χ3n) is 12.4. The molecule has 0 atom stereocenters. The van der Waals surface area contributed by atoms with Gasteiger partial charge in [-0.2, -0.15) is 0 Å². The quantitative estimate of drug-likeness (QED) is 0.0980. The smallest absolute Gasteiger partial charge is 0.128 e. The van der Waals surface area contributed by atoms with Gasteiger partial charge in [0, 0.05) is 49.6 Å². The number of aromatic nitrogens is 3. The fraction of sp³-hybridized carbons (Fsp3) is 0.148. The molecule has 0 aliphatic rings. The molecule has 0 unspecified atom stereocenters. The minimum Gasteiger partial charge on any atom is -0.500 e. The summed E-state index contributed by atoms with van der Waals surface area (Å²) >= 11 is 0. The van der Waals surface area contributed by atoms with Crippen molar-refractivity contribution in [2.45, 2.75) is 53.6 Å². The predicted molar refractivity (Wildman–Crippen MR) is 282 cm³/mol. The molecule has 331 valence electrons. The summed E-state index contributed by atoms with van der Waals surface area (Å²) in [7, 11) is -1.70. The molecule has 1 radical (unpaired) electrons. The van der Waals surface area contributed by atoms with E-state index in [0.29, 0.717) is 28.0 Å². The predicted octanol–water partition coefficient (Wildman–Crippen LogP) is 16.0. The zero-order valence-corrected chi connectivity index (χ0v) is 41.6. The minimum absolute atomic E-state index is 0. The van der Waals surface area contributed by atoms with Crippen molar-refractivity contribution in [3.05, 3.63) is 193 Å². The van der Waals surface area contributed by atoms with Crippen LogP contribution in [0.2, 0.25) is 19.6 Å². The van der Waals surface area contributed by atoms with Gasteiger partial charge in [0.15, 0.2) is 0 Å². The number of aryl methyl sites for hydroxylation is 1. The number of para-hydroxylation sites is 1. The molecule has 67 heavy (non-hydrogen) atoms. The van der Waals surface area contributed by atoms with Gasteiger partial charge >= 0.3 is 0 Å². The molecule has 3 aromatic heterocycles. The van der Waals surface area contributed by atoms with Gasteiger partial charge in [-0.05, 0) is 91.0 Å². The molecular formula is C61H51IrN3OSi-2. The van der Waals surface area contributed by atoms with Crippen molar-refractivity contribution in [1.29, 1.82) is 0 Å². The maximum absolute atomic E-state index is 8.75. The van der Waals surface area contributed by atoms with E-state index in [1.54, 1.807) is 12.1 Å². The second kappa shape index (κ2) is 17.2. The first-order valence-electron chi connectivity index (χ1n) is 25.0. The molecule has 0 fully saturated rings. The number of nitrogens with zero attached hydrogens (tertiary/aromatic N) is 3. The molecule has 12 rings (SSSR count). The number of furan rings is 1. The van der Waals surface area contributed by atoms with Crippen molar-refractivity contribution in [3.8, 4) is 28.3 Å². The van der Waals surface area contributed by atoms with Gasteiger partial charge in [-0.25, -0.2) is 0 Å². The van der Waals surface area contributed by atoms with Gasteiger partial charge in [0.25, 0.3) is 0 Å². The van der Waals surface area contributed by atoms with Crippen molar-refractivity contribution in [3.63, 3.8) is 0 Å². The largest absolute Gasteiger partial charge is 0.500 e. The van der Waals surface area contributed by atoms with E-state index >= 15 is 0 Å². The van der Waals surface area contributed by atoms with Crippen LogP contribution in [0.15, 0.2) is 174 Å². The van der Waals surface area contributed by atoms with Gasteiger partial charge < -0.3 is 14.0 Å². The first kappa shape index (κ1) is 38.4. The van der Waals surface area contributed by atoms with Crippen LogP contribution < -0.4 is 5.19 Å². The van der Waals surface area contributed by atoms with Gasteiger partial charge in [0.05, 0.1) is 30.5 Å². The Labute approximate surface area is 413 Å². The van der Waals surface area contributed by atoms with Crippen molar-refractivity contribution in [1.82, 2.24) is 14.5 Å². The third-order valence-corrected chi connectivity index (χ3v) is 14.4. The van der Waals surface area contributed by atoms with E-state index in [0.717, 1.165) is 71.0 Å². The second-order valence-electron chi connectivity index (χ2n) is 19.1. The monoisotopic (exact) mass is 1070 g/mol. The maximum Gasteiger partial charge on any atom is 0.128 e. The van der Waals surface area contributed by atoms with Gasteiger partial charge in [-0.3, -0.25) is 4.98 Å². The molecule has 4 nitrogen and oxygen atoms in total.